The number of fused-ring (bicyclic) bond motifs is 2. The van der Waals surface area contributed by atoms with Crippen molar-refractivity contribution >= 4 is 27.8 Å². The van der Waals surface area contributed by atoms with Crippen LogP contribution in [-0.4, -0.2) is 19.5 Å². The van der Waals surface area contributed by atoms with E-state index in [-0.39, 0.29) is 0 Å². The van der Waals surface area contributed by atoms with Gasteiger partial charge in [0.1, 0.15) is 17.8 Å². The molecule has 5 nitrogen and oxygen atoms in total. The summed E-state index contributed by atoms with van der Waals surface area (Å²) in [7, 11) is 0. The van der Waals surface area contributed by atoms with Gasteiger partial charge in [-0.15, -0.1) is 0 Å². The summed E-state index contributed by atoms with van der Waals surface area (Å²) >= 11 is 0. The molecule has 0 bridgehead atoms. The fourth-order valence-electron chi connectivity index (χ4n) is 4.34. The number of benzene rings is 1. The van der Waals surface area contributed by atoms with Crippen molar-refractivity contribution in [2.75, 3.05) is 5.73 Å². The minimum atomic E-state index is 0.491. The maximum atomic E-state index is 5.97. The Balaban J connectivity index is 1.35. The SMILES string of the molecule is Nc1ncnc2c1ccn2[C@H]1CC[C@@H](Cc2ccc3cccnc3c2)C1. The fourth-order valence-corrected chi connectivity index (χ4v) is 4.34. The summed E-state index contributed by atoms with van der Waals surface area (Å²) in [5.74, 6) is 1.25. The quantitative estimate of drug-likeness (QED) is 0.607. The third-order valence-corrected chi connectivity index (χ3v) is 5.64. The van der Waals surface area contributed by atoms with Gasteiger partial charge in [0.2, 0.25) is 0 Å². The van der Waals surface area contributed by atoms with Gasteiger partial charge < -0.3 is 10.3 Å². The molecule has 1 aliphatic carbocycles. The number of anilines is 1. The van der Waals surface area contributed by atoms with Crippen LogP contribution in [0.2, 0.25) is 0 Å². The first-order chi connectivity index (χ1) is 12.8. The molecule has 26 heavy (non-hydrogen) atoms. The third kappa shape index (κ3) is 2.60. The Morgan fingerprint density at radius 1 is 1.08 bits per heavy atom. The van der Waals surface area contributed by atoms with Crippen molar-refractivity contribution in [2.24, 2.45) is 5.92 Å². The Labute approximate surface area is 151 Å². The average molecular weight is 343 g/mol. The highest BCUT2D eigenvalue weighted by atomic mass is 15.1. The Hall–Kier alpha value is -2.95. The van der Waals surface area contributed by atoms with E-state index in [4.69, 9.17) is 5.73 Å². The molecule has 0 spiro atoms. The van der Waals surface area contributed by atoms with Crippen LogP contribution in [0.4, 0.5) is 5.82 Å². The Bertz CT molecular complexity index is 1080. The van der Waals surface area contributed by atoms with Gasteiger partial charge in [-0.05, 0) is 55.4 Å². The van der Waals surface area contributed by atoms with Gasteiger partial charge in [0, 0.05) is 23.8 Å². The second kappa shape index (κ2) is 6.09. The lowest BCUT2D eigenvalue weighted by Crippen LogP contribution is -2.07. The molecule has 2 N–H and O–H groups in total. The number of nitrogens with zero attached hydrogens (tertiary/aromatic N) is 4. The topological polar surface area (TPSA) is 69.6 Å². The number of rotatable bonds is 3. The van der Waals surface area contributed by atoms with Crippen LogP contribution in [0.1, 0.15) is 30.9 Å². The smallest absolute Gasteiger partial charge is 0.145 e. The van der Waals surface area contributed by atoms with E-state index in [0.717, 1.165) is 23.0 Å². The zero-order valence-electron chi connectivity index (χ0n) is 14.5. The number of nitrogen functional groups attached to an aromatic ring is 1. The predicted molar refractivity (Wildman–Crippen MR) is 104 cm³/mol. The van der Waals surface area contributed by atoms with E-state index in [1.165, 1.54) is 30.2 Å². The molecule has 1 fully saturated rings. The molecule has 0 unspecified atom stereocenters. The lowest BCUT2D eigenvalue weighted by Gasteiger charge is -2.14. The number of hydrogen-bond donors (Lipinski definition) is 1. The normalized spacial score (nSPS) is 20.2. The summed E-state index contributed by atoms with van der Waals surface area (Å²) in [4.78, 5) is 13.0. The second-order valence-corrected chi connectivity index (χ2v) is 7.29. The van der Waals surface area contributed by atoms with Crippen LogP contribution >= 0.6 is 0 Å². The van der Waals surface area contributed by atoms with Gasteiger partial charge in [-0.25, -0.2) is 9.97 Å². The van der Waals surface area contributed by atoms with Crippen molar-refractivity contribution in [1.29, 1.82) is 0 Å². The molecule has 0 radical (unpaired) electrons. The molecule has 130 valence electrons. The largest absolute Gasteiger partial charge is 0.383 e. The van der Waals surface area contributed by atoms with E-state index in [1.54, 1.807) is 6.33 Å². The molecule has 2 atom stereocenters. The number of hydrogen-bond acceptors (Lipinski definition) is 4. The first kappa shape index (κ1) is 15.3. The van der Waals surface area contributed by atoms with E-state index in [1.807, 2.05) is 18.3 Å². The van der Waals surface area contributed by atoms with Gasteiger partial charge in [0.25, 0.3) is 0 Å². The summed E-state index contributed by atoms with van der Waals surface area (Å²) in [5, 5.41) is 2.16. The maximum absolute atomic E-state index is 5.97. The van der Waals surface area contributed by atoms with Crippen molar-refractivity contribution in [2.45, 2.75) is 31.7 Å². The Morgan fingerprint density at radius 2 is 2.04 bits per heavy atom. The molecule has 5 rings (SSSR count). The molecular weight excluding hydrogens is 322 g/mol. The van der Waals surface area contributed by atoms with Gasteiger partial charge in [-0.2, -0.15) is 0 Å². The van der Waals surface area contributed by atoms with E-state index >= 15 is 0 Å². The highest BCUT2D eigenvalue weighted by Gasteiger charge is 2.27. The minimum Gasteiger partial charge on any atom is -0.383 e. The molecule has 3 heterocycles. The lowest BCUT2D eigenvalue weighted by atomic mass is 9.97. The summed E-state index contributed by atoms with van der Waals surface area (Å²) in [5.41, 5.74) is 9.40. The zero-order chi connectivity index (χ0) is 17.5. The summed E-state index contributed by atoms with van der Waals surface area (Å²) in [6.45, 7) is 0. The molecule has 0 aliphatic heterocycles. The highest BCUT2D eigenvalue weighted by Crippen LogP contribution is 2.38. The third-order valence-electron chi connectivity index (χ3n) is 5.64. The van der Waals surface area contributed by atoms with E-state index < -0.39 is 0 Å². The van der Waals surface area contributed by atoms with Crippen molar-refractivity contribution in [1.82, 2.24) is 19.5 Å². The number of pyridine rings is 1. The van der Waals surface area contributed by atoms with Gasteiger partial charge >= 0.3 is 0 Å². The molecule has 1 aliphatic rings. The maximum Gasteiger partial charge on any atom is 0.145 e. The number of aromatic nitrogens is 4. The van der Waals surface area contributed by atoms with Gasteiger partial charge in [-0.1, -0.05) is 18.2 Å². The van der Waals surface area contributed by atoms with Gasteiger partial charge in [0.15, 0.2) is 0 Å². The standard InChI is InChI=1S/C21H21N5/c22-20-18-7-9-26(21(18)25-13-24-20)17-6-4-14(11-17)10-15-3-5-16-2-1-8-23-19(16)12-15/h1-3,5,7-9,12-14,17H,4,6,10-11H2,(H2,22,24,25)/t14-,17-/m0/s1. The summed E-state index contributed by atoms with van der Waals surface area (Å²) in [6.07, 6.45) is 10.2. The molecule has 1 aromatic carbocycles. The molecule has 5 heteroatoms. The van der Waals surface area contributed by atoms with Gasteiger partial charge in [0.05, 0.1) is 10.9 Å². The first-order valence-corrected chi connectivity index (χ1v) is 9.18. The minimum absolute atomic E-state index is 0.491. The molecule has 1 saturated carbocycles. The van der Waals surface area contributed by atoms with Crippen LogP contribution in [-0.2, 0) is 6.42 Å². The zero-order valence-corrected chi connectivity index (χ0v) is 14.5. The van der Waals surface area contributed by atoms with E-state index in [0.29, 0.717) is 17.8 Å². The predicted octanol–water partition coefficient (Wildman–Crippen LogP) is 4.15. The van der Waals surface area contributed by atoms with Crippen LogP contribution in [0.15, 0.2) is 55.1 Å². The van der Waals surface area contributed by atoms with Crippen molar-refractivity contribution < 1.29 is 0 Å². The van der Waals surface area contributed by atoms with Crippen LogP contribution in [0.25, 0.3) is 21.9 Å². The van der Waals surface area contributed by atoms with Crippen molar-refractivity contribution in [3.8, 4) is 0 Å². The highest BCUT2D eigenvalue weighted by molar-refractivity contribution is 5.86. The molecular formula is C21H21N5. The van der Waals surface area contributed by atoms with Crippen LogP contribution in [0.5, 0.6) is 0 Å². The molecule has 0 amide bonds. The molecule has 3 aromatic heterocycles. The van der Waals surface area contributed by atoms with Crippen molar-refractivity contribution in [3.63, 3.8) is 0 Å². The Kier molecular flexibility index (Phi) is 3.59. The van der Waals surface area contributed by atoms with E-state index in [9.17, 15) is 0 Å². The van der Waals surface area contributed by atoms with E-state index in [2.05, 4.69) is 50.0 Å². The van der Waals surface area contributed by atoms with Crippen molar-refractivity contribution in [3.05, 3.63) is 60.7 Å². The first-order valence-electron chi connectivity index (χ1n) is 9.18. The molecule has 0 saturated heterocycles. The fraction of sp³-hybridized carbons (Fsp3) is 0.286. The second-order valence-electron chi connectivity index (χ2n) is 7.29. The average Bonchev–Trinajstić information content (AvgIpc) is 3.29. The van der Waals surface area contributed by atoms with Crippen LogP contribution in [0, 0.1) is 5.92 Å². The van der Waals surface area contributed by atoms with Crippen LogP contribution in [0.3, 0.4) is 0 Å². The lowest BCUT2D eigenvalue weighted by molar-refractivity contribution is 0.483. The van der Waals surface area contributed by atoms with Crippen LogP contribution < -0.4 is 5.73 Å². The molecule has 4 aromatic rings. The summed E-state index contributed by atoms with van der Waals surface area (Å²) < 4.78 is 2.29. The van der Waals surface area contributed by atoms with Gasteiger partial charge in [-0.3, -0.25) is 4.98 Å². The monoisotopic (exact) mass is 343 g/mol. The number of nitrogens with two attached hydrogens (primary N) is 1. The summed E-state index contributed by atoms with van der Waals surface area (Å²) in [6, 6.07) is 13.3. The Morgan fingerprint density at radius 3 is 3.00 bits per heavy atom.